The van der Waals surface area contributed by atoms with Crippen LogP contribution >= 0.6 is 0 Å². The predicted octanol–water partition coefficient (Wildman–Crippen LogP) is 0.233. The van der Waals surface area contributed by atoms with E-state index in [1.807, 2.05) is 0 Å². The van der Waals surface area contributed by atoms with Crippen LogP contribution in [0, 0.1) is 11.3 Å². The van der Waals surface area contributed by atoms with Crippen molar-refractivity contribution >= 4 is 31.3 Å². The molecule has 0 spiro atoms. The summed E-state index contributed by atoms with van der Waals surface area (Å²) in [5, 5.41) is -3.07. The molecular formula is C12H16CoO6. The summed E-state index contributed by atoms with van der Waals surface area (Å²) in [7, 11) is -8.05. The van der Waals surface area contributed by atoms with Gasteiger partial charge in [0.1, 0.15) is 0 Å². The van der Waals surface area contributed by atoms with Crippen molar-refractivity contribution in [3.8, 4) is 11.3 Å². The van der Waals surface area contributed by atoms with E-state index in [-0.39, 0.29) is 0 Å². The minimum absolute atomic E-state index is 0.511. The van der Waals surface area contributed by atoms with Gasteiger partial charge >= 0.3 is 105 Å². The van der Waals surface area contributed by atoms with Crippen LogP contribution in [0.15, 0.2) is 0 Å². The molecule has 0 aromatic heterocycles. The second-order valence-corrected chi connectivity index (χ2v) is 17.9. The number of carbonyl (C=O) groups excluding carboxylic acids is 6. The van der Waals surface area contributed by atoms with Gasteiger partial charge < -0.3 is 0 Å². The first kappa shape index (κ1) is 17.1. The minimum atomic E-state index is -8.05. The third-order valence-electron chi connectivity index (χ3n) is 4.20. The van der Waals surface area contributed by atoms with Crippen molar-refractivity contribution in [2.45, 2.75) is 25.1 Å². The van der Waals surface area contributed by atoms with E-state index in [1.165, 1.54) is 4.85 Å². The van der Waals surface area contributed by atoms with Crippen LogP contribution in [0.4, 0.5) is 0 Å². The van der Waals surface area contributed by atoms with Crippen LogP contribution in [0.2, 0.25) is 4.35 Å². The number of hydrogen-bond acceptors (Lipinski definition) is 6. The van der Waals surface area contributed by atoms with Crippen LogP contribution in [-0.2, 0) is 37.2 Å². The average Bonchev–Trinajstić information content (AvgIpc) is 2.46. The van der Waals surface area contributed by atoms with Crippen molar-refractivity contribution in [2.75, 3.05) is 0 Å². The quantitative estimate of drug-likeness (QED) is 0.513. The van der Waals surface area contributed by atoms with Crippen LogP contribution in [0.3, 0.4) is 0 Å². The molecule has 0 aromatic carbocycles. The van der Waals surface area contributed by atoms with Crippen molar-refractivity contribution in [3.05, 3.63) is 0 Å². The summed E-state index contributed by atoms with van der Waals surface area (Å²) in [6.07, 6.45) is 5.22. The molecule has 0 N–H and O–H groups in total. The predicted molar refractivity (Wildman–Crippen MR) is 69.1 cm³/mol. The van der Waals surface area contributed by atoms with Crippen LogP contribution < -0.4 is 0 Å². The van der Waals surface area contributed by atoms with Crippen LogP contribution in [0.1, 0.15) is 20.8 Å². The van der Waals surface area contributed by atoms with Gasteiger partial charge in [0, 0.05) is 0 Å². The van der Waals surface area contributed by atoms with Crippen LogP contribution in [-0.4, -0.2) is 31.3 Å². The first-order valence-corrected chi connectivity index (χ1v) is 9.34. The molecule has 0 fully saturated rings. The van der Waals surface area contributed by atoms with E-state index in [2.05, 4.69) is 0 Å². The number of rotatable bonds is 6. The Morgan fingerprint density at radius 2 is 0.947 bits per heavy atom. The summed E-state index contributed by atoms with van der Waals surface area (Å²) >= 11 is 0. The van der Waals surface area contributed by atoms with Crippen molar-refractivity contribution < 1.29 is 37.2 Å². The fraction of sp³-hybridized carbons (Fsp3) is 0.333. The Morgan fingerprint density at radius 3 is 0.947 bits per heavy atom. The molecule has 0 aliphatic rings. The Hall–Kier alpha value is -1.91. The van der Waals surface area contributed by atoms with E-state index in [9.17, 15) is 28.8 Å². The molecule has 0 unspecified atom stereocenters. The fourth-order valence-corrected chi connectivity index (χ4v) is 5.22. The summed E-state index contributed by atoms with van der Waals surface area (Å²) in [6, 6.07) is 0. The molecule has 7 heteroatoms. The molecule has 0 heterocycles. The summed E-state index contributed by atoms with van der Waals surface area (Å²) in [4.78, 5) is 73.0. The second-order valence-electron chi connectivity index (χ2n) is 5.47. The molecule has 0 rings (SSSR count). The summed E-state index contributed by atoms with van der Waals surface area (Å²) in [5.74, 6) is 0. The van der Waals surface area contributed by atoms with Gasteiger partial charge in [0.05, 0.1) is 0 Å². The van der Waals surface area contributed by atoms with E-state index in [4.69, 9.17) is 6.42 Å². The SMILES string of the molecule is C#[C][Co]([CH]=O)([CH]=O)([CH]=O)([CH]=O)([CH]=O)([CH]=O)[C](C)(C)C. The molecular weight excluding hydrogens is 299 g/mol. The Morgan fingerprint density at radius 1 is 0.737 bits per heavy atom. The van der Waals surface area contributed by atoms with Crippen LogP contribution in [0.25, 0.3) is 0 Å². The second kappa shape index (κ2) is 2.40. The molecule has 0 saturated carbocycles. The van der Waals surface area contributed by atoms with Crippen molar-refractivity contribution in [3.63, 3.8) is 0 Å². The first-order chi connectivity index (χ1) is 8.38. The van der Waals surface area contributed by atoms with E-state index in [1.54, 1.807) is 0 Å². The fourth-order valence-electron chi connectivity index (χ4n) is 1.27. The molecule has 0 bridgehead atoms. The Balaban J connectivity index is 8.86. The number of hydrogen-bond donors (Lipinski definition) is 0. The maximum atomic E-state index is 11.9. The molecule has 0 radical (unpaired) electrons. The molecule has 0 saturated heterocycles. The third-order valence-corrected chi connectivity index (χ3v) is 17.3. The first-order valence-electron chi connectivity index (χ1n) is 4.69. The molecule has 19 heavy (non-hydrogen) atoms. The summed E-state index contributed by atoms with van der Waals surface area (Å²) < 4.78 is -2.07. The normalized spacial score (nSPS) is 19.9. The van der Waals surface area contributed by atoms with E-state index >= 15 is 0 Å². The van der Waals surface area contributed by atoms with Gasteiger partial charge in [-0.1, -0.05) is 0 Å². The topological polar surface area (TPSA) is 102 Å². The van der Waals surface area contributed by atoms with Crippen molar-refractivity contribution in [2.24, 2.45) is 0 Å². The van der Waals surface area contributed by atoms with Gasteiger partial charge in [-0.05, 0) is 0 Å². The number of carbonyl (C=O) groups is 6. The van der Waals surface area contributed by atoms with E-state index in [0.717, 1.165) is 20.8 Å². The monoisotopic (exact) mass is 315 g/mol. The standard InChI is InChI=1S/C4H9.C2H.6CHO.Co/c1-4(2)3;7*1-2;/h1-3H3;7*1H;. The van der Waals surface area contributed by atoms with Crippen molar-refractivity contribution in [1.82, 2.24) is 0 Å². The average molecular weight is 315 g/mol. The van der Waals surface area contributed by atoms with Gasteiger partial charge in [-0.15, -0.1) is 0 Å². The zero-order valence-corrected chi connectivity index (χ0v) is 11.9. The molecule has 0 amide bonds. The van der Waals surface area contributed by atoms with Gasteiger partial charge in [-0.2, -0.15) is 0 Å². The zero-order valence-electron chi connectivity index (χ0n) is 10.8. The number of terminal acetylenes is 1. The van der Waals surface area contributed by atoms with Gasteiger partial charge in [0.2, 0.25) is 0 Å². The molecule has 0 aliphatic heterocycles. The van der Waals surface area contributed by atoms with E-state index in [0.29, 0.717) is 0 Å². The summed E-state index contributed by atoms with van der Waals surface area (Å²) in [6.45, 7) is 3.16. The van der Waals surface area contributed by atoms with E-state index < -0.39 is 44.1 Å². The van der Waals surface area contributed by atoms with Gasteiger partial charge in [-0.3, -0.25) is 0 Å². The Bertz CT molecular complexity index is 535. The molecule has 6 nitrogen and oxygen atoms in total. The Kier molecular flexibility index (Phi) is 2.16. The van der Waals surface area contributed by atoms with Crippen molar-refractivity contribution in [1.29, 1.82) is 0 Å². The molecule has 0 atom stereocenters. The molecule has 0 aromatic rings. The molecule has 0 aliphatic carbocycles. The van der Waals surface area contributed by atoms with Gasteiger partial charge in [-0.25, -0.2) is 0 Å². The van der Waals surface area contributed by atoms with Gasteiger partial charge in [0.15, 0.2) is 0 Å². The third kappa shape index (κ3) is 0.689. The zero-order chi connectivity index (χ0) is 15.8. The van der Waals surface area contributed by atoms with Crippen LogP contribution in [0.5, 0.6) is 0 Å². The van der Waals surface area contributed by atoms with Gasteiger partial charge in [0.25, 0.3) is 0 Å². The maximum absolute atomic E-state index is 11.9. The molecule has 109 valence electrons. The Labute approximate surface area is 105 Å². The summed E-state index contributed by atoms with van der Waals surface area (Å²) in [5.41, 5.74) is 0.